The quantitative estimate of drug-likeness (QED) is 0.661. The van der Waals surface area contributed by atoms with Crippen molar-refractivity contribution in [2.24, 2.45) is 0 Å². The average molecular weight is 371 g/mol. The van der Waals surface area contributed by atoms with E-state index in [2.05, 4.69) is 59.3 Å². The molecular formula is C24H25N3O. The minimum Gasteiger partial charge on any atom is -0.371 e. The van der Waals surface area contributed by atoms with E-state index < -0.39 is 0 Å². The minimum absolute atomic E-state index is 0.103. The molecule has 0 aliphatic carbocycles. The first-order chi connectivity index (χ1) is 13.7. The van der Waals surface area contributed by atoms with Crippen molar-refractivity contribution in [3.63, 3.8) is 0 Å². The monoisotopic (exact) mass is 371 g/mol. The second-order valence-electron chi connectivity index (χ2n) is 7.89. The summed E-state index contributed by atoms with van der Waals surface area (Å²) in [7, 11) is 2.09. The third-order valence-corrected chi connectivity index (χ3v) is 5.91. The molecule has 0 N–H and O–H groups in total. The van der Waals surface area contributed by atoms with Gasteiger partial charge in [0.25, 0.3) is 5.91 Å². The Balaban J connectivity index is 1.38. The molecule has 2 aliphatic rings. The second kappa shape index (κ2) is 6.95. The Kier molecular flexibility index (Phi) is 4.29. The maximum atomic E-state index is 13.0. The standard InChI is InChI=1S/C24H25N3O/c1-25(16-19-8-2-3-12-21(19)26-14-4-5-15-26)17-27-22-13-7-10-18-9-6-11-20(23(18)22)24(27)28/h2-3,6-13H,4-5,14-17H2,1H3. The van der Waals surface area contributed by atoms with Crippen molar-refractivity contribution in [2.45, 2.75) is 19.4 Å². The molecular weight excluding hydrogens is 346 g/mol. The van der Waals surface area contributed by atoms with E-state index in [4.69, 9.17) is 0 Å². The highest BCUT2D eigenvalue weighted by Gasteiger charge is 2.30. The summed E-state index contributed by atoms with van der Waals surface area (Å²) in [6, 6.07) is 20.8. The van der Waals surface area contributed by atoms with Crippen LogP contribution in [0.5, 0.6) is 0 Å². The van der Waals surface area contributed by atoms with Gasteiger partial charge >= 0.3 is 0 Å². The van der Waals surface area contributed by atoms with Crippen LogP contribution in [0.3, 0.4) is 0 Å². The van der Waals surface area contributed by atoms with Gasteiger partial charge in [0.1, 0.15) is 0 Å². The van der Waals surface area contributed by atoms with Crippen molar-refractivity contribution < 1.29 is 4.79 Å². The number of para-hydroxylation sites is 1. The third kappa shape index (κ3) is 2.85. The smallest absolute Gasteiger partial charge is 0.260 e. The molecule has 5 rings (SSSR count). The average Bonchev–Trinajstić information content (AvgIpc) is 3.33. The van der Waals surface area contributed by atoms with Gasteiger partial charge in [-0.05, 0) is 49.0 Å². The van der Waals surface area contributed by atoms with E-state index >= 15 is 0 Å². The summed E-state index contributed by atoms with van der Waals surface area (Å²) in [6.45, 7) is 3.69. The number of anilines is 2. The molecule has 1 amide bonds. The van der Waals surface area contributed by atoms with Gasteiger partial charge in [-0.15, -0.1) is 0 Å². The van der Waals surface area contributed by atoms with Crippen LogP contribution in [0.15, 0.2) is 60.7 Å². The lowest BCUT2D eigenvalue weighted by molar-refractivity contribution is 0.0977. The number of carbonyl (C=O) groups is 1. The molecule has 3 aromatic carbocycles. The third-order valence-electron chi connectivity index (χ3n) is 5.91. The van der Waals surface area contributed by atoms with Crippen LogP contribution in [0.4, 0.5) is 11.4 Å². The van der Waals surface area contributed by atoms with Crippen molar-refractivity contribution in [1.82, 2.24) is 4.90 Å². The first-order valence-corrected chi connectivity index (χ1v) is 10.1. The van der Waals surface area contributed by atoms with Gasteiger partial charge in [-0.25, -0.2) is 0 Å². The number of amides is 1. The van der Waals surface area contributed by atoms with Crippen LogP contribution in [0.25, 0.3) is 10.8 Å². The molecule has 0 aromatic heterocycles. The summed E-state index contributed by atoms with van der Waals surface area (Å²) in [5.74, 6) is 0.103. The molecule has 4 heteroatoms. The number of hydrogen-bond donors (Lipinski definition) is 0. The Morgan fingerprint density at radius 3 is 2.43 bits per heavy atom. The normalized spacial score (nSPS) is 16.0. The molecule has 142 valence electrons. The maximum absolute atomic E-state index is 13.0. The lowest BCUT2D eigenvalue weighted by atomic mass is 10.1. The molecule has 0 bridgehead atoms. The number of rotatable bonds is 5. The lowest BCUT2D eigenvalue weighted by Gasteiger charge is -2.27. The molecule has 2 heterocycles. The van der Waals surface area contributed by atoms with Gasteiger partial charge in [0, 0.05) is 36.3 Å². The number of nitrogens with zero attached hydrogens (tertiary/aromatic N) is 3. The van der Waals surface area contributed by atoms with Crippen molar-refractivity contribution in [3.05, 3.63) is 71.8 Å². The van der Waals surface area contributed by atoms with Crippen LogP contribution in [-0.2, 0) is 6.54 Å². The number of hydrogen-bond acceptors (Lipinski definition) is 3. The first-order valence-electron chi connectivity index (χ1n) is 10.1. The van der Waals surface area contributed by atoms with E-state index in [-0.39, 0.29) is 5.91 Å². The maximum Gasteiger partial charge on any atom is 0.260 e. The summed E-state index contributed by atoms with van der Waals surface area (Å²) in [4.78, 5) is 19.7. The number of carbonyl (C=O) groups excluding carboxylic acids is 1. The molecule has 0 unspecified atom stereocenters. The first kappa shape index (κ1) is 17.3. The Morgan fingerprint density at radius 1 is 0.893 bits per heavy atom. The minimum atomic E-state index is 0.103. The van der Waals surface area contributed by atoms with Gasteiger partial charge in [0.2, 0.25) is 0 Å². The fourth-order valence-electron chi connectivity index (χ4n) is 4.61. The predicted octanol–water partition coefficient (Wildman–Crippen LogP) is 4.49. The zero-order valence-electron chi connectivity index (χ0n) is 16.3. The Labute approximate surface area is 166 Å². The molecule has 1 saturated heterocycles. The number of benzene rings is 3. The molecule has 1 fully saturated rings. The van der Waals surface area contributed by atoms with Crippen LogP contribution in [0, 0.1) is 0 Å². The molecule has 4 nitrogen and oxygen atoms in total. The zero-order valence-corrected chi connectivity index (χ0v) is 16.3. The summed E-state index contributed by atoms with van der Waals surface area (Å²) in [5, 5.41) is 2.22. The van der Waals surface area contributed by atoms with Crippen LogP contribution in [0.1, 0.15) is 28.8 Å². The largest absolute Gasteiger partial charge is 0.371 e. The van der Waals surface area contributed by atoms with E-state index in [1.165, 1.54) is 24.1 Å². The summed E-state index contributed by atoms with van der Waals surface area (Å²) >= 11 is 0. The summed E-state index contributed by atoms with van der Waals surface area (Å²) in [5.41, 5.74) is 4.51. The van der Waals surface area contributed by atoms with Gasteiger partial charge in [-0.3, -0.25) is 14.6 Å². The molecule has 0 spiro atoms. The highest BCUT2D eigenvalue weighted by Crippen LogP contribution is 2.37. The molecule has 28 heavy (non-hydrogen) atoms. The topological polar surface area (TPSA) is 26.8 Å². The fourth-order valence-corrected chi connectivity index (χ4v) is 4.61. The van der Waals surface area contributed by atoms with E-state index in [0.29, 0.717) is 6.67 Å². The van der Waals surface area contributed by atoms with Crippen LogP contribution < -0.4 is 9.80 Å². The SMILES string of the molecule is CN(Cc1ccccc1N1CCCC1)CN1C(=O)c2cccc3cccc1c23. The molecule has 3 aromatic rings. The Bertz CT molecular complexity index is 1030. The van der Waals surface area contributed by atoms with Gasteiger partial charge in [-0.1, -0.05) is 42.5 Å². The van der Waals surface area contributed by atoms with Crippen molar-refractivity contribution in [1.29, 1.82) is 0 Å². The fraction of sp³-hybridized carbons (Fsp3) is 0.292. The van der Waals surface area contributed by atoms with Crippen LogP contribution >= 0.6 is 0 Å². The van der Waals surface area contributed by atoms with Gasteiger partial charge in [0.05, 0.1) is 12.4 Å². The summed E-state index contributed by atoms with van der Waals surface area (Å²) < 4.78 is 0. The van der Waals surface area contributed by atoms with Crippen molar-refractivity contribution in [2.75, 3.05) is 36.6 Å². The predicted molar refractivity (Wildman–Crippen MR) is 115 cm³/mol. The molecule has 0 atom stereocenters. The van der Waals surface area contributed by atoms with Crippen molar-refractivity contribution in [3.8, 4) is 0 Å². The van der Waals surface area contributed by atoms with Crippen LogP contribution in [0.2, 0.25) is 0 Å². The zero-order chi connectivity index (χ0) is 19.1. The van der Waals surface area contributed by atoms with Gasteiger partial charge in [-0.2, -0.15) is 0 Å². The summed E-state index contributed by atoms with van der Waals surface area (Å²) in [6.07, 6.45) is 2.55. The lowest BCUT2D eigenvalue weighted by Crippen LogP contribution is -2.37. The molecule has 0 radical (unpaired) electrons. The van der Waals surface area contributed by atoms with Crippen LogP contribution in [-0.4, -0.2) is 37.6 Å². The highest BCUT2D eigenvalue weighted by molar-refractivity contribution is 6.24. The second-order valence-corrected chi connectivity index (χ2v) is 7.89. The van der Waals surface area contributed by atoms with E-state index in [1.807, 2.05) is 23.1 Å². The van der Waals surface area contributed by atoms with E-state index in [9.17, 15) is 4.79 Å². The molecule has 0 saturated carbocycles. The van der Waals surface area contributed by atoms with Gasteiger partial charge in [0.15, 0.2) is 0 Å². The highest BCUT2D eigenvalue weighted by atomic mass is 16.2. The Hall–Kier alpha value is -2.85. The van der Waals surface area contributed by atoms with Gasteiger partial charge < -0.3 is 4.90 Å². The van der Waals surface area contributed by atoms with Crippen molar-refractivity contribution >= 4 is 28.1 Å². The molecule has 2 aliphatic heterocycles. The van der Waals surface area contributed by atoms with E-state index in [1.54, 1.807) is 0 Å². The Morgan fingerprint density at radius 2 is 1.61 bits per heavy atom. The van der Waals surface area contributed by atoms with E-state index in [0.717, 1.165) is 41.7 Å².